The van der Waals surface area contributed by atoms with Crippen LogP contribution in [0.1, 0.15) is 17.4 Å². The monoisotopic (exact) mass is 301 g/mol. The lowest BCUT2D eigenvalue weighted by atomic mass is 10.2. The first-order valence-corrected chi connectivity index (χ1v) is 7.87. The molecule has 0 unspecified atom stereocenters. The zero-order chi connectivity index (χ0) is 14.9. The van der Waals surface area contributed by atoms with E-state index < -0.39 is 0 Å². The van der Waals surface area contributed by atoms with Gasteiger partial charge in [-0.25, -0.2) is 0 Å². The molecule has 3 nitrogen and oxygen atoms in total. The van der Waals surface area contributed by atoms with E-state index in [1.54, 1.807) is 23.5 Å². The van der Waals surface area contributed by atoms with E-state index in [4.69, 9.17) is 4.74 Å². The Labute approximate surface area is 129 Å². The van der Waals surface area contributed by atoms with E-state index in [1.165, 1.54) is 4.88 Å². The molecule has 1 aromatic heterocycles. The lowest BCUT2D eigenvalue weighted by molar-refractivity contribution is -0.116. The number of carbonyl (C=O) groups excluding carboxylic acids is 1. The Balaban J connectivity index is 1.75. The van der Waals surface area contributed by atoms with E-state index >= 15 is 0 Å². The molecule has 2 rings (SSSR count). The summed E-state index contributed by atoms with van der Waals surface area (Å²) in [5, 5.41) is 4.92. The summed E-state index contributed by atoms with van der Waals surface area (Å²) in [6.07, 6.45) is 4.24. The van der Waals surface area contributed by atoms with Gasteiger partial charge < -0.3 is 10.1 Å². The molecule has 0 aliphatic carbocycles. The van der Waals surface area contributed by atoms with E-state index in [-0.39, 0.29) is 5.91 Å². The van der Waals surface area contributed by atoms with Crippen molar-refractivity contribution in [3.8, 4) is 5.75 Å². The minimum Gasteiger partial charge on any atom is -0.494 e. The molecule has 2 aromatic rings. The second-order valence-electron chi connectivity index (χ2n) is 4.46. The number of benzene rings is 1. The summed E-state index contributed by atoms with van der Waals surface area (Å²) in [6.45, 7) is 3.27. The number of hydrogen-bond acceptors (Lipinski definition) is 3. The Morgan fingerprint density at radius 1 is 1.29 bits per heavy atom. The third-order valence-corrected chi connectivity index (χ3v) is 3.81. The van der Waals surface area contributed by atoms with Crippen molar-refractivity contribution in [1.82, 2.24) is 5.32 Å². The van der Waals surface area contributed by atoms with Crippen molar-refractivity contribution in [2.24, 2.45) is 0 Å². The van der Waals surface area contributed by atoms with Crippen LogP contribution in [0.2, 0.25) is 0 Å². The van der Waals surface area contributed by atoms with Crippen molar-refractivity contribution < 1.29 is 9.53 Å². The first kappa shape index (κ1) is 15.3. The highest BCUT2D eigenvalue weighted by atomic mass is 32.1. The largest absolute Gasteiger partial charge is 0.494 e. The maximum absolute atomic E-state index is 11.7. The van der Waals surface area contributed by atoms with Crippen LogP contribution in [-0.4, -0.2) is 19.1 Å². The molecule has 1 aromatic carbocycles. The zero-order valence-corrected chi connectivity index (χ0v) is 12.9. The minimum absolute atomic E-state index is 0.0690. The highest BCUT2D eigenvalue weighted by molar-refractivity contribution is 7.09. The summed E-state index contributed by atoms with van der Waals surface area (Å²) in [5.41, 5.74) is 0.979. The SMILES string of the molecule is CCOc1ccc(/C=C/C(=O)NCCc2cccs2)cc1. The maximum Gasteiger partial charge on any atom is 0.244 e. The molecule has 0 spiro atoms. The van der Waals surface area contributed by atoms with Crippen LogP contribution in [0.25, 0.3) is 6.08 Å². The molecule has 1 amide bonds. The Hall–Kier alpha value is -2.07. The molecule has 0 bridgehead atoms. The number of nitrogens with one attached hydrogen (secondary N) is 1. The molecular weight excluding hydrogens is 282 g/mol. The van der Waals surface area contributed by atoms with E-state index in [0.717, 1.165) is 17.7 Å². The minimum atomic E-state index is -0.0690. The van der Waals surface area contributed by atoms with E-state index in [1.807, 2.05) is 42.6 Å². The van der Waals surface area contributed by atoms with Crippen LogP contribution in [-0.2, 0) is 11.2 Å². The predicted octanol–water partition coefficient (Wildman–Crippen LogP) is 3.52. The Kier molecular flexibility index (Phi) is 6.03. The fraction of sp³-hybridized carbons (Fsp3) is 0.235. The van der Waals surface area contributed by atoms with E-state index in [0.29, 0.717) is 13.2 Å². The van der Waals surface area contributed by atoms with Crippen molar-refractivity contribution in [3.05, 3.63) is 58.3 Å². The first-order valence-electron chi connectivity index (χ1n) is 6.99. The normalized spacial score (nSPS) is 10.7. The fourth-order valence-electron chi connectivity index (χ4n) is 1.84. The molecule has 110 valence electrons. The summed E-state index contributed by atoms with van der Waals surface area (Å²) in [4.78, 5) is 13.0. The van der Waals surface area contributed by atoms with Crippen LogP contribution >= 0.6 is 11.3 Å². The van der Waals surface area contributed by atoms with Gasteiger partial charge in [0.2, 0.25) is 5.91 Å². The van der Waals surface area contributed by atoms with Crippen LogP contribution in [0.5, 0.6) is 5.75 Å². The number of rotatable bonds is 7. The second kappa shape index (κ2) is 8.27. The highest BCUT2D eigenvalue weighted by Gasteiger charge is 1.97. The van der Waals surface area contributed by atoms with Gasteiger partial charge in [0.05, 0.1) is 6.61 Å². The van der Waals surface area contributed by atoms with E-state index in [2.05, 4.69) is 11.4 Å². The summed E-state index contributed by atoms with van der Waals surface area (Å²) >= 11 is 1.71. The predicted molar refractivity (Wildman–Crippen MR) is 87.7 cm³/mol. The van der Waals surface area contributed by atoms with Crippen molar-refractivity contribution in [2.45, 2.75) is 13.3 Å². The first-order chi connectivity index (χ1) is 10.3. The summed E-state index contributed by atoms with van der Waals surface area (Å²) in [7, 11) is 0. The lowest BCUT2D eigenvalue weighted by Crippen LogP contribution is -2.23. The lowest BCUT2D eigenvalue weighted by Gasteiger charge is -2.02. The molecule has 0 aliphatic rings. The maximum atomic E-state index is 11.7. The quantitative estimate of drug-likeness (QED) is 0.795. The van der Waals surface area contributed by atoms with Gasteiger partial charge in [-0.05, 0) is 48.6 Å². The summed E-state index contributed by atoms with van der Waals surface area (Å²) < 4.78 is 5.37. The van der Waals surface area contributed by atoms with Gasteiger partial charge in [-0.15, -0.1) is 11.3 Å². The van der Waals surface area contributed by atoms with Crippen molar-refractivity contribution >= 4 is 23.3 Å². The zero-order valence-electron chi connectivity index (χ0n) is 12.0. The van der Waals surface area contributed by atoms with Gasteiger partial charge in [0.25, 0.3) is 0 Å². The van der Waals surface area contributed by atoms with Gasteiger partial charge in [-0.1, -0.05) is 18.2 Å². The highest BCUT2D eigenvalue weighted by Crippen LogP contribution is 2.13. The van der Waals surface area contributed by atoms with Gasteiger partial charge in [-0.2, -0.15) is 0 Å². The summed E-state index contributed by atoms with van der Waals surface area (Å²) in [5.74, 6) is 0.774. The molecule has 1 N–H and O–H groups in total. The van der Waals surface area contributed by atoms with Crippen LogP contribution in [0.3, 0.4) is 0 Å². The molecule has 0 aliphatic heterocycles. The second-order valence-corrected chi connectivity index (χ2v) is 5.49. The van der Waals surface area contributed by atoms with Crippen molar-refractivity contribution in [2.75, 3.05) is 13.2 Å². The third kappa shape index (κ3) is 5.44. The topological polar surface area (TPSA) is 38.3 Å². The van der Waals surface area contributed by atoms with Gasteiger partial charge >= 0.3 is 0 Å². The molecule has 0 atom stereocenters. The van der Waals surface area contributed by atoms with Crippen molar-refractivity contribution in [3.63, 3.8) is 0 Å². The van der Waals surface area contributed by atoms with Gasteiger partial charge in [0.1, 0.15) is 5.75 Å². The molecule has 0 fully saturated rings. The fourth-order valence-corrected chi connectivity index (χ4v) is 2.55. The van der Waals surface area contributed by atoms with Gasteiger partial charge in [0.15, 0.2) is 0 Å². The molecule has 0 radical (unpaired) electrons. The summed E-state index contributed by atoms with van der Waals surface area (Å²) in [6, 6.07) is 11.8. The van der Waals surface area contributed by atoms with Crippen molar-refractivity contribution in [1.29, 1.82) is 0 Å². The molecule has 21 heavy (non-hydrogen) atoms. The van der Waals surface area contributed by atoms with Gasteiger partial charge in [0, 0.05) is 17.5 Å². The molecule has 4 heteroatoms. The number of amides is 1. The van der Waals surface area contributed by atoms with Crippen LogP contribution in [0.15, 0.2) is 47.9 Å². The van der Waals surface area contributed by atoms with Crippen LogP contribution in [0.4, 0.5) is 0 Å². The number of carbonyl (C=O) groups is 1. The molecule has 1 heterocycles. The smallest absolute Gasteiger partial charge is 0.244 e. The van der Waals surface area contributed by atoms with Crippen LogP contribution in [0, 0.1) is 0 Å². The number of ether oxygens (including phenoxy) is 1. The molecule has 0 saturated heterocycles. The Morgan fingerprint density at radius 2 is 2.10 bits per heavy atom. The average molecular weight is 301 g/mol. The van der Waals surface area contributed by atoms with E-state index in [9.17, 15) is 4.79 Å². The molecular formula is C17H19NO2S. The standard InChI is InChI=1S/C17H19NO2S/c1-2-20-15-8-5-14(6-9-15)7-10-17(19)18-12-11-16-4-3-13-21-16/h3-10,13H,2,11-12H2,1H3,(H,18,19)/b10-7+. The Bertz CT molecular complexity index is 573. The number of thiophene rings is 1. The van der Waals surface area contributed by atoms with Gasteiger partial charge in [-0.3, -0.25) is 4.79 Å². The third-order valence-electron chi connectivity index (χ3n) is 2.87. The van der Waals surface area contributed by atoms with Crippen LogP contribution < -0.4 is 10.1 Å². The number of hydrogen-bond donors (Lipinski definition) is 1. The average Bonchev–Trinajstić information content (AvgIpc) is 3.00. The Morgan fingerprint density at radius 3 is 2.76 bits per heavy atom. The molecule has 0 saturated carbocycles.